The van der Waals surface area contributed by atoms with Crippen molar-refractivity contribution in [2.45, 2.75) is 70.9 Å². The minimum atomic E-state index is -0.820. The van der Waals surface area contributed by atoms with Crippen LogP contribution >= 0.6 is 0 Å². The Morgan fingerprint density at radius 3 is 2.46 bits per heavy atom. The number of rotatable bonds is 3. The van der Waals surface area contributed by atoms with Gasteiger partial charge in [0.1, 0.15) is 0 Å². The molecular formula is C18H27N3O3. The lowest BCUT2D eigenvalue weighted by Gasteiger charge is -2.37. The molecule has 0 radical (unpaired) electrons. The van der Waals surface area contributed by atoms with Gasteiger partial charge in [-0.2, -0.15) is 5.10 Å². The molecule has 1 aromatic rings. The smallest absolute Gasteiger partial charge is 0.308 e. The number of aliphatic carboxylic acids is 1. The van der Waals surface area contributed by atoms with Gasteiger partial charge in [0.05, 0.1) is 11.5 Å². The van der Waals surface area contributed by atoms with Gasteiger partial charge in [0.15, 0.2) is 5.69 Å². The second-order valence-corrected chi connectivity index (χ2v) is 8.14. The topological polar surface area (TPSA) is 75.4 Å². The monoisotopic (exact) mass is 333 g/mol. The van der Waals surface area contributed by atoms with Crippen molar-refractivity contribution >= 4 is 11.9 Å². The highest BCUT2D eigenvalue weighted by Gasteiger charge is 2.38. The first kappa shape index (κ1) is 17.0. The number of carboxylic acid groups (broad SMARTS) is 1. The normalized spacial score (nSPS) is 24.9. The van der Waals surface area contributed by atoms with Gasteiger partial charge < -0.3 is 10.0 Å². The molecule has 2 atom stereocenters. The van der Waals surface area contributed by atoms with Gasteiger partial charge in [-0.25, -0.2) is 0 Å². The fourth-order valence-corrected chi connectivity index (χ4v) is 3.61. The van der Waals surface area contributed by atoms with Gasteiger partial charge in [-0.1, -0.05) is 0 Å². The number of hydrogen-bond donors (Lipinski definition) is 1. The number of hydrogen-bond acceptors (Lipinski definition) is 3. The molecule has 2 aliphatic rings. The lowest BCUT2D eigenvalue weighted by Crippen LogP contribution is -2.49. The highest BCUT2D eigenvalue weighted by molar-refractivity contribution is 5.93. The number of nitrogens with zero attached hydrogens (tertiary/aromatic N) is 3. The maximum absolute atomic E-state index is 13.0. The van der Waals surface area contributed by atoms with E-state index in [1.807, 2.05) is 17.7 Å². The van der Waals surface area contributed by atoms with E-state index in [0.29, 0.717) is 24.6 Å². The maximum atomic E-state index is 13.0. The van der Waals surface area contributed by atoms with Crippen molar-refractivity contribution in [2.24, 2.45) is 5.92 Å². The van der Waals surface area contributed by atoms with Crippen LogP contribution in [0.1, 0.15) is 75.5 Å². The predicted molar refractivity (Wildman–Crippen MR) is 90.1 cm³/mol. The Labute approximate surface area is 142 Å². The number of piperidine rings is 1. The third-order valence-corrected chi connectivity index (χ3v) is 5.15. The molecule has 0 unspecified atom stereocenters. The van der Waals surface area contributed by atoms with Crippen LogP contribution in [0, 0.1) is 5.92 Å². The summed E-state index contributed by atoms with van der Waals surface area (Å²) in [6, 6.07) is 1.62. The first-order valence-electron chi connectivity index (χ1n) is 8.84. The Balaban J connectivity index is 1.88. The molecule has 6 heteroatoms. The van der Waals surface area contributed by atoms with Gasteiger partial charge in [-0.15, -0.1) is 0 Å². The van der Waals surface area contributed by atoms with Crippen LogP contribution in [0.2, 0.25) is 0 Å². The van der Waals surface area contributed by atoms with Gasteiger partial charge >= 0.3 is 5.97 Å². The van der Waals surface area contributed by atoms with E-state index in [9.17, 15) is 14.7 Å². The van der Waals surface area contributed by atoms with E-state index in [0.717, 1.165) is 25.0 Å². The molecule has 1 amide bonds. The van der Waals surface area contributed by atoms with E-state index in [-0.39, 0.29) is 17.5 Å². The summed E-state index contributed by atoms with van der Waals surface area (Å²) in [6.45, 7) is 8.70. The SMILES string of the molecule is C[C@@H]1[C@H](C(=O)O)CCCN1C(=O)c1cc(C2CC2)n(C(C)(C)C)n1. The highest BCUT2D eigenvalue weighted by atomic mass is 16.4. The molecule has 1 N–H and O–H groups in total. The molecule has 3 rings (SSSR count). The lowest BCUT2D eigenvalue weighted by atomic mass is 9.90. The van der Waals surface area contributed by atoms with E-state index in [4.69, 9.17) is 0 Å². The summed E-state index contributed by atoms with van der Waals surface area (Å²) in [6.07, 6.45) is 3.65. The summed E-state index contributed by atoms with van der Waals surface area (Å²) in [5.74, 6) is -0.948. The van der Waals surface area contributed by atoms with E-state index in [1.165, 1.54) is 0 Å². The third-order valence-electron chi connectivity index (χ3n) is 5.15. The second kappa shape index (κ2) is 5.90. The van der Waals surface area contributed by atoms with E-state index < -0.39 is 11.9 Å². The van der Waals surface area contributed by atoms with Crippen molar-refractivity contribution < 1.29 is 14.7 Å². The number of aromatic nitrogens is 2. The standard InChI is InChI=1S/C18H27N3O3/c1-11-13(17(23)24)6-5-9-20(11)16(22)14-10-15(12-7-8-12)21(19-14)18(2,3)4/h10-13H,5-9H2,1-4H3,(H,23,24)/t11-,13-/m1/s1. The number of carboxylic acids is 1. The molecule has 0 bridgehead atoms. The Kier molecular flexibility index (Phi) is 4.18. The van der Waals surface area contributed by atoms with Gasteiger partial charge in [-0.3, -0.25) is 14.3 Å². The van der Waals surface area contributed by atoms with Crippen molar-refractivity contribution in [1.29, 1.82) is 0 Å². The fourth-order valence-electron chi connectivity index (χ4n) is 3.61. The average Bonchev–Trinajstić information content (AvgIpc) is 3.23. The van der Waals surface area contributed by atoms with Gasteiger partial charge in [0.2, 0.25) is 0 Å². The molecule has 6 nitrogen and oxygen atoms in total. The van der Waals surface area contributed by atoms with E-state index in [1.54, 1.807) is 4.90 Å². The molecule has 0 aromatic carbocycles. The number of carbonyl (C=O) groups is 2. The van der Waals surface area contributed by atoms with Crippen molar-refractivity contribution in [3.63, 3.8) is 0 Å². The van der Waals surface area contributed by atoms with E-state index in [2.05, 4.69) is 25.9 Å². The third kappa shape index (κ3) is 3.06. The quantitative estimate of drug-likeness (QED) is 0.923. The summed E-state index contributed by atoms with van der Waals surface area (Å²) >= 11 is 0. The van der Waals surface area contributed by atoms with Gasteiger partial charge in [-0.05, 0) is 59.4 Å². The number of amides is 1. The molecule has 24 heavy (non-hydrogen) atoms. The summed E-state index contributed by atoms with van der Waals surface area (Å²) in [5.41, 5.74) is 1.41. The largest absolute Gasteiger partial charge is 0.481 e. The van der Waals surface area contributed by atoms with Crippen molar-refractivity contribution in [1.82, 2.24) is 14.7 Å². The van der Waals surface area contributed by atoms with Crippen LogP contribution in [0.3, 0.4) is 0 Å². The molecule has 1 aliphatic heterocycles. The lowest BCUT2D eigenvalue weighted by molar-refractivity contribution is -0.144. The van der Waals surface area contributed by atoms with Crippen LogP contribution in [0.5, 0.6) is 0 Å². The van der Waals surface area contributed by atoms with Crippen LogP contribution in [0.4, 0.5) is 0 Å². The first-order valence-corrected chi connectivity index (χ1v) is 8.84. The molecule has 1 saturated carbocycles. The zero-order valence-electron chi connectivity index (χ0n) is 15.0. The van der Waals surface area contributed by atoms with Crippen molar-refractivity contribution in [3.05, 3.63) is 17.5 Å². The predicted octanol–water partition coefficient (Wildman–Crippen LogP) is 2.84. The highest BCUT2D eigenvalue weighted by Crippen LogP contribution is 2.42. The zero-order chi connectivity index (χ0) is 17.6. The van der Waals surface area contributed by atoms with Crippen LogP contribution in [-0.4, -0.2) is 44.3 Å². The van der Waals surface area contributed by atoms with E-state index >= 15 is 0 Å². The minimum absolute atomic E-state index is 0.140. The van der Waals surface area contributed by atoms with Crippen molar-refractivity contribution in [2.75, 3.05) is 6.54 Å². The molecule has 1 saturated heterocycles. The summed E-state index contributed by atoms with van der Waals surface area (Å²) in [5, 5.41) is 14.0. The molecule has 2 fully saturated rings. The summed E-state index contributed by atoms with van der Waals surface area (Å²) < 4.78 is 1.97. The summed E-state index contributed by atoms with van der Waals surface area (Å²) in [7, 11) is 0. The molecule has 0 spiro atoms. The van der Waals surface area contributed by atoms with Gasteiger partial charge in [0.25, 0.3) is 5.91 Å². The average molecular weight is 333 g/mol. The second-order valence-electron chi connectivity index (χ2n) is 8.14. The van der Waals surface area contributed by atoms with Crippen LogP contribution in [0.15, 0.2) is 6.07 Å². The van der Waals surface area contributed by atoms with Crippen molar-refractivity contribution in [3.8, 4) is 0 Å². The Morgan fingerprint density at radius 1 is 1.25 bits per heavy atom. The summed E-state index contributed by atoms with van der Waals surface area (Å²) in [4.78, 5) is 26.1. The van der Waals surface area contributed by atoms with Crippen LogP contribution < -0.4 is 0 Å². The number of carbonyl (C=O) groups excluding carboxylic acids is 1. The molecule has 132 valence electrons. The Hall–Kier alpha value is -1.85. The maximum Gasteiger partial charge on any atom is 0.308 e. The zero-order valence-corrected chi connectivity index (χ0v) is 15.0. The van der Waals surface area contributed by atoms with Gasteiger partial charge in [0, 0.05) is 24.2 Å². The number of likely N-dealkylation sites (tertiary alicyclic amines) is 1. The molecule has 1 aliphatic carbocycles. The molecule has 2 heterocycles. The van der Waals surface area contributed by atoms with Crippen LogP contribution in [0.25, 0.3) is 0 Å². The Bertz CT molecular complexity index is 655. The Morgan fingerprint density at radius 2 is 1.92 bits per heavy atom. The fraction of sp³-hybridized carbons (Fsp3) is 0.722. The molecule has 1 aromatic heterocycles. The first-order chi connectivity index (χ1) is 11.2. The van der Waals surface area contributed by atoms with Crippen LogP contribution in [-0.2, 0) is 10.3 Å². The minimum Gasteiger partial charge on any atom is -0.481 e. The molecular weight excluding hydrogens is 306 g/mol.